The van der Waals surface area contributed by atoms with Crippen LogP contribution in [0.2, 0.25) is 0 Å². The average molecular weight is 326 g/mol. The van der Waals surface area contributed by atoms with Crippen LogP contribution in [0.15, 0.2) is 0 Å². The first-order valence-corrected chi connectivity index (χ1v) is 6.97. The Kier molecular flexibility index (Phi) is 6.07. The van der Waals surface area contributed by atoms with Crippen molar-refractivity contribution in [2.45, 2.75) is 61.7 Å². The largest absolute Gasteiger partial charge is 0.394 e. The van der Waals surface area contributed by atoms with Gasteiger partial charge in [0.15, 0.2) is 12.6 Å². The summed E-state index contributed by atoms with van der Waals surface area (Å²) >= 11 is 0. The summed E-state index contributed by atoms with van der Waals surface area (Å²) in [4.78, 5) is 0. The molecule has 2 aliphatic rings. The van der Waals surface area contributed by atoms with E-state index in [0.717, 1.165) is 0 Å². The molecule has 22 heavy (non-hydrogen) atoms. The number of hydrogen-bond acceptors (Lipinski definition) is 10. The molecule has 0 aromatic carbocycles. The molecule has 130 valence electrons. The molecule has 7 N–H and O–H groups in total. The fraction of sp³-hybridized carbons (Fsp3) is 1.00. The molecule has 0 saturated carbocycles. The third-order valence-electron chi connectivity index (χ3n) is 3.84. The number of aliphatic hydroxyl groups is 7. The summed E-state index contributed by atoms with van der Waals surface area (Å²) in [5.74, 6) is 0. The molecule has 10 nitrogen and oxygen atoms in total. The highest BCUT2D eigenvalue weighted by Crippen LogP contribution is 2.28. The van der Waals surface area contributed by atoms with Crippen LogP contribution in [0.25, 0.3) is 0 Å². The molecule has 2 rings (SSSR count). The standard InChI is InChI=1S/C12H22O10/c13-2-5-8(17)9(18)10(19)12(21-5)22-11-4(15)1-7(16)20-6(11)3-14/h4-19H,1-3H2/t4-,5?,6?,7-,8-,9-,10?,11-,12-/m1/s1. The number of ether oxygens (including phenoxy) is 3. The Morgan fingerprint density at radius 1 is 0.818 bits per heavy atom. The molecule has 0 amide bonds. The molecule has 3 unspecified atom stereocenters. The second-order valence-corrected chi connectivity index (χ2v) is 5.41. The zero-order valence-electron chi connectivity index (χ0n) is 11.7. The Hall–Kier alpha value is -0.400. The number of hydrogen-bond donors (Lipinski definition) is 7. The smallest absolute Gasteiger partial charge is 0.187 e. The first-order chi connectivity index (χ1) is 10.4. The van der Waals surface area contributed by atoms with Gasteiger partial charge in [0.2, 0.25) is 0 Å². The first kappa shape index (κ1) is 17.9. The molecule has 2 fully saturated rings. The SMILES string of the molecule is OCC1O[C@H](O[C@H]2C(CO)O[C@@H](O)C[C@H]2O)C(O)[C@H](O)[C@@H]1O. The molecule has 0 bridgehead atoms. The fourth-order valence-electron chi connectivity index (χ4n) is 2.58. The lowest BCUT2D eigenvalue weighted by Crippen LogP contribution is -2.62. The Balaban J connectivity index is 2.07. The molecule has 10 heteroatoms. The van der Waals surface area contributed by atoms with Crippen LogP contribution >= 0.6 is 0 Å². The van der Waals surface area contributed by atoms with E-state index in [4.69, 9.17) is 19.3 Å². The van der Waals surface area contributed by atoms with Crippen molar-refractivity contribution < 1.29 is 50.0 Å². The van der Waals surface area contributed by atoms with Crippen molar-refractivity contribution in [3.8, 4) is 0 Å². The van der Waals surface area contributed by atoms with Crippen LogP contribution in [-0.4, -0.2) is 104 Å². The summed E-state index contributed by atoms with van der Waals surface area (Å²) in [6, 6.07) is 0. The Labute approximate surface area is 126 Å². The Morgan fingerprint density at radius 2 is 1.45 bits per heavy atom. The summed E-state index contributed by atoms with van der Waals surface area (Å²) < 4.78 is 15.5. The van der Waals surface area contributed by atoms with E-state index in [-0.39, 0.29) is 6.42 Å². The lowest BCUT2D eigenvalue weighted by molar-refractivity contribution is -0.342. The van der Waals surface area contributed by atoms with E-state index in [9.17, 15) is 30.6 Å². The molecule has 2 heterocycles. The lowest BCUT2D eigenvalue weighted by Gasteiger charge is -2.44. The highest BCUT2D eigenvalue weighted by atomic mass is 16.7. The minimum absolute atomic E-state index is 0.168. The van der Waals surface area contributed by atoms with Crippen molar-refractivity contribution >= 4 is 0 Å². The number of aliphatic hydroxyl groups excluding tert-OH is 7. The van der Waals surface area contributed by atoms with Crippen LogP contribution in [0.5, 0.6) is 0 Å². The molecule has 9 atom stereocenters. The van der Waals surface area contributed by atoms with Gasteiger partial charge in [0.25, 0.3) is 0 Å². The van der Waals surface area contributed by atoms with Crippen molar-refractivity contribution in [1.29, 1.82) is 0 Å². The van der Waals surface area contributed by atoms with Crippen LogP contribution in [0, 0.1) is 0 Å². The van der Waals surface area contributed by atoms with E-state index >= 15 is 0 Å². The maximum absolute atomic E-state index is 9.92. The summed E-state index contributed by atoms with van der Waals surface area (Å²) in [6.07, 6.45) is -12.2. The molecule has 2 saturated heterocycles. The quantitative estimate of drug-likeness (QED) is 0.268. The average Bonchev–Trinajstić information content (AvgIpc) is 2.49. The topological polar surface area (TPSA) is 169 Å². The van der Waals surface area contributed by atoms with E-state index in [1.54, 1.807) is 0 Å². The molecular formula is C12H22O10. The van der Waals surface area contributed by atoms with Crippen LogP contribution < -0.4 is 0 Å². The van der Waals surface area contributed by atoms with Crippen molar-refractivity contribution in [3.05, 3.63) is 0 Å². The lowest BCUT2D eigenvalue weighted by atomic mass is 9.98. The second kappa shape index (κ2) is 7.45. The van der Waals surface area contributed by atoms with E-state index in [1.165, 1.54) is 0 Å². The monoisotopic (exact) mass is 326 g/mol. The zero-order chi connectivity index (χ0) is 16.4. The molecule has 0 spiro atoms. The van der Waals surface area contributed by atoms with Crippen LogP contribution in [0.3, 0.4) is 0 Å². The van der Waals surface area contributed by atoms with Crippen molar-refractivity contribution in [1.82, 2.24) is 0 Å². The highest BCUT2D eigenvalue weighted by molar-refractivity contribution is 4.91. The van der Waals surface area contributed by atoms with E-state index in [0.29, 0.717) is 0 Å². The molecule has 2 aliphatic heterocycles. The maximum atomic E-state index is 9.92. The normalized spacial score (nSPS) is 50.0. The summed E-state index contributed by atoms with van der Waals surface area (Å²) in [5.41, 5.74) is 0. The molecule has 0 aromatic heterocycles. The van der Waals surface area contributed by atoms with Crippen molar-refractivity contribution in [2.24, 2.45) is 0 Å². The van der Waals surface area contributed by atoms with E-state index in [1.807, 2.05) is 0 Å². The minimum atomic E-state index is -1.63. The Morgan fingerprint density at radius 3 is 2.05 bits per heavy atom. The van der Waals surface area contributed by atoms with Gasteiger partial charge >= 0.3 is 0 Å². The predicted molar refractivity (Wildman–Crippen MR) is 67.2 cm³/mol. The van der Waals surface area contributed by atoms with Gasteiger partial charge < -0.3 is 50.0 Å². The summed E-state index contributed by atoms with van der Waals surface area (Å²) in [6.45, 7) is -1.17. The van der Waals surface area contributed by atoms with Gasteiger partial charge in [-0.3, -0.25) is 0 Å². The fourth-order valence-corrected chi connectivity index (χ4v) is 2.58. The maximum Gasteiger partial charge on any atom is 0.187 e. The van der Waals surface area contributed by atoms with Crippen LogP contribution in [0.1, 0.15) is 6.42 Å². The third kappa shape index (κ3) is 3.57. The summed E-state index contributed by atoms with van der Waals surface area (Å²) in [7, 11) is 0. The van der Waals surface area contributed by atoms with Gasteiger partial charge in [-0.1, -0.05) is 0 Å². The highest BCUT2D eigenvalue weighted by Gasteiger charge is 2.47. The van der Waals surface area contributed by atoms with Gasteiger partial charge in [-0.15, -0.1) is 0 Å². The van der Waals surface area contributed by atoms with Crippen LogP contribution in [-0.2, 0) is 14.2 Å². The van der Waals surface area contributed by atoms with Gasteiger partial charge in [-0.2, -0.15) is 0 Å². The van der Waals surface area contributed by atoms with Gasteiger partial charge in [0.05, 0.1) is 19.3 Å². The van der Waals surface area contributed by atoms with Crippen LogP contribution in [0.4, 0.5) is 0 Å². The van der Waals surface area contributed by atoms with Gasteiger partial charge in [0.1, 0.15) is 36.6 Å². The van der Waals surface area contributed by atoms with Crippen molar-refractivity contribution in [3.63, 3.8) is 0 Å². The van der Waals surface area contributed by atoms with E-state index < -0.39 is 68.5 Å². The van der Waals surface area contributed by atoms with Gasteiger partial charge in [0, 0.05) is 6.42 Å². The molecular weight excluding hydrogens is 304 g/mol. The number of rotatable bonds is 4. The summed E-state index contributed by atoms with van der Waals surface area (Å²) in [5, 5.41) is 66.8. The second-order valence-electron chi connectivity index (χ2n) is 5.41. The van der Waals surface area contributed by atoms with Gasteiger partial charge in [-0.05, 0) is 0 Å². The van der Waals surface area contributed by atoms with Gasteiger partial charge in [-0.25, -0.2) is 0 Å². The predicted octanol–water partition coefficient (Wildman–Crippen LogP) is -4.37. The molecule has 0 radical (unpaired) electrons. The first-order valence-electron chi connectivity index (χ1n) is 6.97. The molecule has 0 aliphatic carbocycles. The minimum Gasteiger partial charge on any atom is -0.394 e. The zero-order valence-corrected chi connectivity index (χ0v) is 11.7. The van der Waals surface area contributed by atoms with Crippen molar-refractivity contribution in [2.75, 3.05) is 13.2 Å². The third-order valence-corrected chi connectivity index (χ3v) is 3.84. The Bertz CT molecular complexity index is 353. The molecule has 0 aromatic rings. The van der Waals surface area contributed by atoms with E-state index in [2.05, 4.69) is 0 Å².